The van der Waals surface area contributed by atoms with E-state index in [4.69, 9.17) is 9.47 Å². The third-order valence-electron chi connectivity index (χ3n) is 3.44. The standard InChI is InChI=1S/C15H19N3O2S/c1-18(2)15-17-14(19-3)13(21-15)8-16-11-9-20-12-7-5-4-6-10(11)12/h4-7,11,16H,8-9H2,1-3H3. The van der Waals surface area contributed by atoms with Crippen LogP contribution < -0.4 is 19.7 Å². The molecule has 21 heavy (non-hydrogen) atoms. The molecule has 0 amide bonds. The van der Waals surface area contributed by atoms with E-state index in [1.165, 1.54) is 5.56 Å². The van der Waals surface area contributed by atoms with E-state index < -0.39 is 0 Å². The predicted molar refractivity (Wildman–Crippen MR) is 84.5 cm³/mol. The minimum Gasteiger partial charge on any atom is -0.491 e. The monoisotopic (exact) mass is 305 g/mol. The molecule has 0 bridgehead atoms. The number of nitrogens with zero attached hydrogens (tertiary/aromatic N) is 2. The summed E-state index contributed by atoms with van der Waals surface area (Å²) in [5, 5.41) is 4.48. The van der Waals surface area contributed by atoms with Crippen LogP contribution in [-0.4, -0.2) is 32.8 Å². The molecule has 0 spiro atoms. The van der Waals surface area contributed by atoms with Gasteiger partial charge in [0.05, 0.1) is 18.0 Å². The van der Waals surface area contributed by atoms with Crippen LogP contribution in [0.1, 0.15) is 16.5 Å². The summed E-state index contributed by atoms with van der Waals surface area (Å²) in [6.07, 6.45) is 0. The summed E-state index contributed by atoms with van der Waals surface area (Å²) in [6, 6.07) is 8.37. The number of aromatic nitrogens is 1. The van der Waals surface area contributed by atoms with Crippen molar-refractivity contribution in [2.75, 3.05) is 32.7 Å². The van der Waals surface area contributed by atoms with Crippen LogP contribution in [0.15, 0.2) is 24.3 Å². The van der Waals surface area contributed by atoms with Crippen LogP contribution in [0.25, 0.3) is 0 Å². The fourth-order valence-electron chi connectivity index (χ4n) is 2.34. The Morgan fingerprint density at radius 3 is 3.00 bits per heavy atom. The molecule has 1 aromatic carbocycles. The van der Waals surface area contributed by atoms with Crippen molar-refractivity contribution >= 4 is 16.5 Å². The van der Waals surface area contributed by atoms with Crippen LogP contribution in [0.2, 0.25) is 0 Å². The van der Waals surface area contributed by atoms with Gasteiger partial charge in [0, 0.05) is 26.2 Å². The van der Waals surface area contributed by atoms with Gasteiger partial charge >= 0.3 is 0 Å². The fraction of sp³-hybridized carbons (Fsp3) is 0.400. The van der Waals surface area contributed by atoms with E-state index in [0.717, 1.165) is 22.3 Å². The number of hydrogen-bond acceptors (Lipinski definition) is 6. The van der Waals surface area contributed by atoms with Crippen molar-refractivity contribution in [2.24, 2.45) is 0 Å². The van der Waals surface area contributed by atoms with Gasteiger partial charge in [-0.1, -0.05) is 29.5 Å². The Labute approximate surface area is 128 Å². The van der Waals surface area contributed by atoms with Crippen molar-refractivity contribution in [3.63, 3.8) is 0 Å². The van der Waals surface area contributed by atoms with E-state index in [9.17, 15) is 0 Å². The number of benzene rings is 1. The number of para-hydroxylation sites is 1. The summed E-state index contributed by atoms with van der Waals surface area (Å²) >= 11 is 1.64. The van der Waals surface area contributed by atoms with Gasteiger partial charge in [-0.05, 0) is 6.07 Å². The van der Waals surface area contributed by atoms with Crippen LogP contribution >= 0.6 is 11.3 Å². The second kappa shape index (κ2) is 5.91. The number of rotatable bonds is 5. The van der Waals surface area contributed by atoms with Gasteiger partial charge in [-0.25, -0.2) is 0 Å². The smallest absolute Gasteiger partial charge is 0.230 e. The lowest BCUT2D eigenvalue weighted by molar-refractivity contribution is 0.310. The average Bonchev–Trinajstić information content (AvgIpc) is 3.09. The molecule has 0 saturated carbocycles. The van der Waals surface area contributed by atoms with Crippen LogP contribution in [0.3, 0.4) is 0 Å². The van der Waals surface area contributed by atoms with Crippen LogP contribution in [0, 0.1) is 0 Å². The second-order valence-electron chi connectivity index (χ2n) is 5.11. The lowest BCUT2D eigenvalue weighted by atomic mass is 10.1. The highest BCUT2D eigenvalue weighted by molar-refractivity contribution is 7.15. The maximum Gasteiger partial charge on any atom is 0.230 e. The lowest BCUT2D eigenvalue weighted by Gasteiger charge is -2.10. The molecular formula is C15H19N3O2S. The molecule has 6 heteroatoms. The van der Waals surface area contributed by atoms with Gasteiger partial charge in [0.2, 0.25) is 5.88 Å². The first-order chi connectivity index (χ1) is 10.2. The molecule has 2 heterocycles. The molecule has 112 valence electrons. The Morgan fingerprint density at radius 2 is 2.24 bits per heavy atom. The molecule has 1 unspecified atom stereocenters. The molecule has 0 radical (unpaired) electrons. The molecule has 0 aliphatic carbocycles. The minimum absolute atomic E-state index is 0.218. The Kier molecular flexibility index (Phi) is 3.98. The molecule has 1 atom stereocenters. The van der Waals surface area contributed by atoms with E-state index in [1.54, 1.807) is 18.4 Å². The van der Waals surface area contributed by atoms with Crippen LogP contribution in [0.5, 0.6) is 11.6 Å². The third kappa shape index (κ3) is 2.82. The highest BCUT2D eigenvalue weighted by Crippen LogP contribution is 2.34. The normalized spacial score (nSPS) is 16.4. The van der Waals surface area contributed by atoms with Gasteiger partial charge in [-0.2, -0.15) is 4.98 Å². The predicted octanol–water partition coefficient (Wildman–Crippen LogP) is 2.44. The molecule has 3 rings (SSSR count). The first-order valence-corrected chi connectivity index (χ1v) is 7.67. The molecule has 0 fully saturated rings. The van der Waals surface area contributed by atoms with E-state index in [-0.39, 0.29) is 6.04 Å². The number of thiazole rings is 1. The van der Waals surface area contributed by atoms with Gasteiger partial charge in [0.1, 0.15) is 12.4 Å². The van der Waals surface area contributed by atoms with E-state index in [1.807, 2.05) is 37.2 Å². The zero-order chi connectivity index (χ0) is 14.8. The van der Waals surface area contributed by atoms with E-state index in [2.05, 4.69) is 16.4 Å². The number of anilines is 1. The number of ether oxygens (including phenoxy) is 2. The van der Waals surface area contributed by atoms with Crippen molar-refractivity contribution in [3.8, 4) is 11.6 Å². The Hall–Kier alpha value is -1.79. The third-order valence-corrected chi connectivity index (χ3v) is 4.64. The summed E-state index contributed by atoms with van der Waals surface area (Å²) < 4.78 is 11.0. The molecular weight excluding hydrogens is 286 g/mol. The summed E-state index contributed by atoms with van der Waals surface area (Å²) in [6.45, 7) is 1.39. The number of hydrogen-bond donors (Lipinski definition) is 1. The molecule has 1 N–H and O–H groups in total. The van der Waals surface area contributed by atoms with Crippen LogP contribution in [-0.2, 0) is 6.54 Å². The number of fused-ring (bicyclic) bond motifs is 1. The molecule has 2 aromatic rings. The molecule has 0 saturated heterocycles. The van der Waals surface area contributed by atoms with Crippen molar-refractivity contribution < 1.29 is 9.47 Å². The molecule has 1 aliphatic heterocycles. The van der Waals surface area contributed by atoms with Crippen molar-refractivity contribution in [2.45, 2.75) is 12.6 Å². The first-order valence-electron chi connectivity index (χ1n) is 6.85. The molecule has 1 aromatic heterocycles. The second-order valence-corrected chi connectivity index (χ2v) is 6.17. The summed E-state index contributed by atoms with van der Waals surface area (Å²) in [5.74, 6) is 1.67. The quantitative estimate of drug-likeness (QED) is 0.919. The minimum atomic E-state index is 0.218. The summed E-state index contributed by atoms with van der Waals surface area (Å²) in [4.78, 5) is 7.56. The van der Waals surface area contributed by atoms with Gasteiger partial charge in [0.15, 0.2) is 5.13 Å². The Balaban J connectivity index is 1.71. The first kappa shape index (κ1) is 14.2. The zero-order valence-corrected chi connectivity index (χ0v) is 13.2. The van der Waals surface area contributed by atoms with E-state index in [0.29, 0.717) is 12.5 Å². The largest absolute Gasteiger partial charge is 0.491 e. The highest BCUT2D eigenvalue weighted by atomic mass is 32.1. The molecule has 5 nitrogen and oxygen atoms in total. The van der Waals surface area contributed by atoms with Gasteiger partial charge in [-0.15, -0.1) is 0 Å². The Bertz CT molecular complexity index is 627. The zero-order valence-electron chi connectivity index (χ0n) is 12.4. The lowest BCUT2D eigenvalue weighted by Crippen LogP contribution is -2.21. The van der Waals surface area contributed by atoms with Crippen LogP contribution in [0.4, 0.5) is 5.13 Å². The number of methoxy groups -OCH3 is 1. The SMILES string of the molecule is COc1nc(N(C)C)sc1CNC1COc2ccccc21. The van der Waals surface area contributed by atoms with Gasteiger partial charge in [0.25, 0.3) is 0 Å². The highest BCUT2D eigenvalue weighted by Gasteiger charge is 2.24. The van der Waals surface area contributed by atoms with Gasteiger partial charge in [-0.3, -0.25) is 0 Å². The van der Waals surface area contributed by atoms with Crippen molar-refractivity contribution in [1.82, 2.24) is 10.3 Å². The summed E-state index contributed by atoms with van der Waals surface area (Å²) in [5.41, 5.74) is 1.22. The van der Waals surface area contributed by atoms with Crippen molar-refractivity contribution in [1.29, 1.82) is 0 Å². The number of nitrogens with one attached hydrogen (secondary N) is 1. The molecule has 1 aliphatic rings. The fourth-order valence-corrected chi connectivity index (χ4v) is 3.24. The van der Waals surface area contributed by atoms with Crippen molar-refractivity contribution in [3.05, 3.63) is 34.7 Å². The van der Waals surface area contributed by atoms with Gasteiger partial charge < -0.3 is 19.7 Å². The maximum absolute atomic E-state index is 5.69. The maximum atomic E-state index is 5.69. The average molecular weight is 305 g/mol. The Morgan fingerprint density at radius 1 is 1.43 bits per heavy atom. The topological polar surface area (TPSA) is 46.6 Å². The van der Waals surface area contributed by atoms with E-state index >= 15 is 0 Å². The summed E-state index contributed by atoms with van der Waals surface area (Å²) in [7, 11) is 5.62.